The van der Waals surface area contributed by atoms with Crippen LogP contribution in [-0.4, -0.2) is 6.04 Å². The van der Waals surface area contributed by atoms with Gasteiger partial charge in [0, 0.05) is 5.56 Å². The van der Waals surface area contributed by atoms with Gasteiger partial charge in [0.15, 0.2) is 11.6 Å². The molecule has 1 nitrogen and oxygen atoms in total. The topological polar surface area (TPSA) is 26.0 Å². The van der Waals surface area contributed by atoms with E-state index in [0.717, 1.165) is 12.1 Å². The molecule has 0 aromatic heterocycles. The highest BCUT2D eigenvalue weighted by molar-refractivity contribution is 5.35. The Morgan fingerprint density at radius 3 is 2.54 bits per heavy atom. The van der Waals surface area contributed by atoms with Gasteiger partial charge in [0.05, 0.1) is 6.04 Å². The summed E-state index contributed by atoms with van der Waals surface area (Å²) >= 11 is 0. The summed E-state index contributed by atoms with van der Waals surface area (Å²) < 4.78 is 25.1. The standard InChI is InChI=1S/C10H9F2N/c1-7(13)2-3-8-4-5-9(11)10(12)6-8/h4-7H,13H2,1H3. The molecule has 0 aliphatic rings. The van der Waals surface area contributed by atoms with Crippen LogP contribution in [0.4, 0.5) is 8.78 Å². The first-order valence-electron chi connectivity index (χ1n) is 3.82. The van der Waals surface area contributed by atoms with Crippen LogP contribution in [0, 0.1) is 23.5 Å². The van der Waals surface area contributed by atoms with Crippen LogP contribution in [-0.2, 0) is 0 Å². The molecule has 0 amide bonds. The molecule has 0 heterocycles. The van der Waals surface area contributed by atoms with E-state index < -0.39 is 11.6 Å². The van der Waals surface area contributed by atoms with Crippen LogP contribution in [0.5, 0.6) is 0 Å². The molecular weight excluding hydrogens is 172 g/mol. The molecule has 0 saturated heterocycles. The number of hydrogen-bond acceptors (Lipinski definition) is 1. The fourth-order valence-electron chi connectivity index (χ4n) is 0.771. The molecule has 0 spiro atoms. The predicted octanol–water partition coefficient (Wildman–Crippen LogP) is 1.66. The van der Waals surface area contributed by atoms with Gasteiger partial charge < -0.3 is 5.73 Å². The average molecular weight is 181 g/mol. The zero-order valence-corrected chi connectivity index (χ0v) is 7.14. The molecule has 1 unspecified atom stereocenters. The number of rotatable bonds is 0. The maximum Gasteiger partial charge on any atom is 0.160 e. The van der Waals surface area contributed by atoms with E-state index in [1.54, 1.807) is 6.92 Å². The largest absolute Gasteiger partial charge is 0.318 e. The van der Waals surface area contributed by atoms with Crippen LogP contribution in [0.2, 0.25) is 0 Å². The molecule has 1 aromatic carbocycles. The van der Waals surface area contributed by atoms with Gasteiger partial charge in [0.1, 0.15) is 0 Å². The zero-order chi connectivity index (χ0) is 9.84. The van der Waals surface area contributed by atoms with E-state index in [1.165, 1.54) is 6.07 Å². The third-order valence-electron chi connectivity index (χ3n) is 1.36. The molecular formula is C10H9F2N. The van der Waals surface area contributed by atoms with Gasteiger partial charge in [-0.2, -0.15) is 0 Å². The zero-order valence-electron chi connectivity index (χ0n) is 7.14. The SMILES string of the molecule is CC(N)C#Cc1ccc(F)c(F)c1. The molecule has 0 fully saturated rings. The van der Waals surface area contributed by atoms with Crippen molar-refractivity contribution >= 4 is 0 Å². The molecule has 1 rings (SSSR count). The summed E-state index contributed by atoms with van der Waals surface area (Å²) in [7, 11) is 0. The molecule has 0 aliphatic carbocycles. The lowest BCUT2D eigenvalue weighted by molar-refractivity contribution is 0.508. The minimum absolute atomic E-state index is 0.270. The third-order valence-corrected chi connectivity index (χ3v) is 1.36. The Morgan fingerprint density at radius 2 is 2.00 bits per heavy atom. The first kappa shape index (κ1) is 9.69. The molecule has 0 radical (unpaired) electrons. The van der Waals surface area contributed by atoms with Gasteiger partial charge in [0.25, 0.3) is 0 Å². The molecule has 1 atom stereocenters. The molecule has 1 aromatic rings. The van der Waals surface area contributed by atoms with E-state index in [0.29, 0.717) is 5.56 Å². The number of nitrogens with two attached hydrogens (primary N) is 1. The summed E-state index contributed by atoms with van der Waals surface area (Å²) in [5.74, 6) is 3.52. The van der Waals surface area contributed by atoms with Crippen molar-refractivity contribution in [2.75, 3.05) is 0 Å². The average Bonchev–Trinajstić information content (AvgIpc) is 2.07. The second-order valence-corrected chi connectivity index (χ2v) is 2.69. The van der Waals surface area contributed by atoms with Crippen molar-refractivity contribution in [1.82, 2.24) is 0 Å². The minimum atomic E-state index is -0.892. The van der Waals surface area contributed by atoms with Crippen molar-refractivity contribution in [3.63, 3.8) is 0 Å². The Balaban J connectivity index is 2.94. The van der Waals surface area contributed by atoms with Gasteiger partial charge in [-0.25, -0.2) is 8.78 Å². The first-order valence-corrected chi connectivity index (χ1v) is 3.82. The van der Waals surface area contributed by atoms with Crippen molar-refractivity contribution in [3.05, 3.63) is 35.4 Å². The van der Waals surface area contributed by atoms with Gasteiger partial charge in [-0.15, -0.1) is 0 Å². The molecule has 0 saturated carbocycles. The highest BCUT2D eigenvalue weighted by Gasteiger charge is 1.99. The van der Waals surface area contributed by atoms with Crippen molar-refractivity contribution in [3.8, 4) is 11.8 Å². The Labute approximate surface area is 75.6 Å². The van der Waals surface area contributed by atoms with Gasteiger partial charge in [-0.1, -0.05) is 11.8 Å². The Hall–Kier alpha value is -1.40. The molecule has 68 valence electrons. The van der Waals surface area contributed by atoms with Crippen LogP contribution in [0.15, 0.2) is 18.2 Å². The van der Waals surface area contributed by atoms with Gasteiger partial charge in [-0.05, 0) is 25.1 Å². The quantitative estimate of drug-likeness (QED) is 0.605. The summed E-state index contributed by atoms with van der Waals surface area (Å²) in [5, 5.41) is 0. The fourth-order valence-corrected chi connectivity index (χ4v) is 0.771. The summed E-state index contributed by atoms with van der Waals surface area (Å²) in [6, 6.07) is 3.23. The monoisotopic (exact) mass is 181 g/mol. The summed E-state index contributed by atoms with van der Waals surface area (Å²) in [6.07, 6.45) is 0. The van der Waals surface area contributed by atoms with E-state index >= 15 is 0 Å². The second-order valence-electron chi connectivity index (χ2n) is 2.69. The highest BCUT2D eigenvalue weighted by Crippen LogP contribution is 2.07. The summed E-state index contributed by atoms with van der Waals surface area (Å²) in [4.78, 5) is 0. The van der Waals surface area contributed by atoms with Crippen LogP contribution < -0.4 is 5.73 Å². The normalized spacial score (nSPS) is 11.7. The molecule has 0 aliphatic heterocycles. The number of hydrogen-bond donors (Lipinski definition) is 1. The maximum absolute atomic E-state index is 12.6. The molecule has 3 heteroatoms. The van der Waals surface area contributed by atoms with Crippen LogP contribution in [0.3, 0.4) is 0 Å². The smallest absolute Gasteiger partial charge is 0.160 e. The molecule has 13 heavy (non-hydrogen) atoms. The fraction of sp³-hybridized carbons (Fsp3) is 0.200. The van der Waals surface area contributed by atoms with Crippen molar-refractivity contribution < 1.29 is 8.78 Å². The van der Waals surface area contributed by atoms with E-state index in [4.69, 9.17) is 5.73 Å². The summed E-state index contributed by atoms with van der Waals surface area (Å²) in [5.41, 5.74) is 5.79. The lowest BCUT2D eigenvalue weighted by Gasteiger charge is -1.93. The van der Waals surface area contributed by atoms with Crippen LogP contribution >= 0.6 is 0 Å². The Bertz CT molecular complexity index is 361. The van der Waals surface area contributed by atoms with Crippen molar-refractivity contribution in [2.24, 2.45) is 5.73 Å². The summed E-state index contributed by atoms with van der Waals surface area (Å²) in [6.45, 7) is 1.72. The Morgan fingerprint density at radius 1 is 1.31 bits per heavy atom. The minimum Gasteiger partial charge on any atom is -0.318 e. The number of benzene rings is 1. The van der Waals surface area contributed by atoms with E-state index in [2.05, 4.69) is 11.8 Å². The molecule has 0 bridgehead atoms. The van der Waals surface area contributed by atoms with E-state index in [-0.39, 0.29) is 6.04 Å². The van der Waals surface area contributed by atoms with Crippen molar-refractivity contribution in [1.29, 1.82) is 0 Å². The Kier molecular flexibility index (Phi) is 2.99. The first-order chi connectivity index (χ1) is 6.09. The highest BCUT2D eigenvalue weighted by atomic mass is 19.2. The third kappa shape index (κ3) is 2.85. The van der Waals surface area contributed by atoms with Gasteiger partial charge >= 0.3 is 0 Å². The van der Waals surface area contributed by atoms with Crippen molar-refractivity contribution in [2.45, 2.75) is 13.0 Å². The predicted molar refractivity (Wildman–Crippen MR) is 46.9 cm³/mol. The lowest BCUT2D eigenvalue weighted by Crippen LogP contribution is -2.10. The van der Waals surface area contributed by atoms with Crippen LogP contribution in [0.1, 0.15) is 12.5 Å². The van der Waals surface area contributed by atoms with Gasteiger partial charge in [0.2, 0.25) is 0 Å². The molecule has 2 N–H and O–H groups in total. The second kappa shape index (κ2) is 4.01. The van der Waals surface area contributed by atoms with Gasteiger partial charge in [-0.3, -0.25) is 0 Å². The van der Waals surface area contributed by atoms with Crippen LogP contribution in [0.25, 0.3) is 0 Å². The lowest BCUT2D eigenvalue weighted by atomic mass is 10.2. The maximum atomic E-state index is 12.6. The van der Waals surface area contributed by atoms with E-state index in [1.807, 2.05) is 0 Å². The number of halogens is 2. The van der Waals surface area contributed by atoms with E-state index in [9.17, 15) is 8.78 Å².